The summed E-state index contributed by atoms with van der Waals surface area (Å²) in [6.45, 7) is 0.367. The Bertz CT molecular complexity index is 265. The highest BCUT2D eigenvalue weighted by Gasteiger charge is 2.29. The molecule has 6 nitrogen and oxygen atoms in total. The average molecular weight is 167 g/mol. The van der Waals surface area contributed by atoms with Crippen molar-refractivity contribution in [1.29, 1.82) is 0 Å². The smallest absolute Gasteiger partial charge is 0.223 e. The van der Waals surface area contributed by atoms with Gasteiger partial charge in [-0.05, 0) is 12.8 Å². The predicted molar refractivity (Wildman–Crippen MR) is 38.7 cm³/mol. The van der Waals surface area contributed by atoms with Gasteiger partial charge in [0.25, 0.3) is 0 Å². The maximum Gasteiger partial charge on any atom is 0.223 e. The van der Waals surface area contributed by atoms with Crippen LogP contribution in [0, 0.1) is 5.92 Å². The Hall–Kier alpha value is -1.46. The number of nitrogens with zero attached hydrogens (tertiary/aromatic N) is 3. The predicted octanol–water partition coefficient (Wildman–Crippen LogP) is -0.774. The monoisotopic (exact) mass is 167 g/mol. The van der Waals surface area contributed by atoms with Gasteiger partial charge in [-0.2, -0.15) is 5.21 Å². The van der Waals surface area contributed by atoms with Gasteiger partial charge in [0, 0.05) is 5.92 Å². The van der Waals surface area contributed by atoms with Gasteiger partial charge in [0.1, 0.15) is 0 Å². The molecule has 64 valence electrons. The molecule has 0 spiro atoms. The third kappa shape index (κ3) is 1.58. The van der Waals surface area contributed by atoms with Crippen molar-refractivity contribution in [3.63, 3.8) is 0 Å². The van der Waals surface area contributed by atoms with E-state index in [0.29, 0.717) is 12.4 Å². The number of hydrogen-bond donors (Lipinski definition) is 2. The standard InChI is InChI=1S/C6H9N5O/c12-6(4-1-2-4)7-3-5-8-10-11-9-5/h4H,1-3H2,(H,7,12)(H,8,9,10,11). The minimum Gasteiger partial charge on any atom is -0.348 e. The first-order valence-corrected chi connectivity index (χ1v) is 3.86. The Balaban J connectivity index is 1.78. The minimum atomic E-state index is 0.0970. The Labute approximate surface area is 68.7 Å². The molecule has 1 saturated carbocycles. The van der Waals surface area contributed by atoms with Crippen molar-refractivity contribution < 1.29 is 4.79 Å². The SMILES string of the molecule is O=C(NCc1nn[nH]n1)C1CC1. The van der Waals surface area contributed by atoms with E-state index in [2.05, 4.69) is 25.9 Å². The van der Waals surface area contributed by atoms with Crippen LogP contribution < -0.4 is 5.32 Å². The molecule has 1 amide bonds. The van der Waals surface area contributed by atoms with E-state index in [4.69, 9.17) is 0 Å². The summed E-state index contributed by atoms with van der Waals surface area (Å²) in [6, 6.07) is 0. The summed E-state index contributed by atoms with van der Waals surface area (Å²) in [4.78, 5) is 11.1. The summed E-state index contributed by atoms with van der Waals surface area (Å²) in [7, 11) is 0. The fourth-order valence-electron chi connectivity index (χ4n) is 0.913. The van der Waals surface area contributed by atoms with Crippen LogP contribution in [0.5, 0.6) is 0 Å². The molecule has 6 heteroatoms. The van der Waals surface area contributed by atoms with Crippen molar-refractivity contribution in [2.75, 3.05) is 0 Å². The third-order valence-electron chi connectivity index (χ3n) is 1.76. The van der Waals surface area contributed by atoms with Gasteiger partial charge in [-0.1, -0.05) is 5.21 Å². The number of nitrogens with one attached hydrogen (secondary N) is 2. The van der Waals surface area contributed by atoms with Crippen molar-refractivity contribution in [2.24, 2.45) is 5.92 Å². The van der Waals surface area contributed by atoms with E-state index < -0.39 is 0 Å². The van der Waals surface area contributed by atoms with Crippen LogP contribution in [0.3, 0.4) is 0 Å². The largest absolute Gasteiger partial charge is 0.348 e. The number of rotatable bonds is 3. The number of tetrazole rings is 1. The molecule has 0 aromatic carbocycles. The molecule has 1 aromatic rings. The molecule has 0 unspecified atom stereocenters. The van der Waals surface area contributed by atoms with Gasteiger partial charge in [-0.25, -0.2) is 0 Å². The van der Waals surface area contributed by atoms with Crippen molar-refractivity contribution in [1.82, 2.24) is 25.9 Å². The zero-order valence-electron chi connectivity index (χ0n) is 6.45. The molecular weight excluding hydrogens is 158 g/mol. The Morgan fingerprint density at radius 3 is 3.08 bits per heavy atom. The molecular formula is C6H9N5O. The molecule has 1 fully saturated rings. The lowest BCUT2D eigenvalue weighted by Crippen LogP contribution is -2.24. The number of amides is 1. The highest BCUT2D eigenvalue weighted by atomic mass is 16.2. The molecule has 2 N–H and O–H groups in total. The Morgan fingerprint density at radius 1 is 1.67 bits per heavy atom. The zero-order valence-corrected chi connectivity index (χ0v) is 6.45. The van der Waals surface area contributed by atoms with Gasteiger partial charge in [-0.15, -0.1) is 10.2 Å². The highest BCUT2D eigenvalue weighted by molar-refractivity contribution is 5.80. The van der Waals surface area contributed by atoms with E-state index >= 15 is 0 Å². The molecule has 0 radical (unpaired) electrons. The molecule has 0 atom stereocenters. The first-order valence-electron chi connectivity index (χ1n) is 3.86. The third-order valence-corrected chi connectivity index (χ3v) is 1.76. The van der Waals surface area contributed by atoms with Gasteiger partial charge in [-0.3, -0.25) is 4.79 Å². The molecule has 0 bridgehead atoms. The molecule has 1 heterocycles. The molecule has 1 aliphatic rings. The summed E-state index contributed by atoms with van der Waals surface area (Å²) < 4.78 is 0. The molecule has 1 aromatic heterocycles. The molecule has 1 aliphatic carbocycles. The summed E-state index contributed by atoms with van der Waals surface area (Å²) in [5.41, 5.74) is 0. The Kier molecular flexibility index (Phi) is 1.73. The topological polar surface area (TPSA) is 83.6 Å². The molecule has 0 saturated heterocycles. The van der Waals surface area contributed by atoms with Crippen molar-refractivity contribution in [2.45, 2.75) is 19.4 Å². The first kappa shape index (κ1) is 7.20. The first-order chi connectivity index (χ1) is 5.86. The van der Waals surface area contributed by atoms with Gasteiger partial charge in [0.15, 0.2) is 5.82 Å². The van der Waals surface area contributed by atoms with Crippen molar-refractivity contribution >= 4 is 5.91 Å². The number of carbonyl (C=O) groups is 1. The number of hydrogen-bond acceptors (Lipinski definition) is 4. The van der Waals surface area contributed by atoms with Crippen LogP contribution in [0.4, 0.5) is 0 Å². The van der Waals surface area contributed by atoms with E-state index in [9.17, 15) is 4.79 Å². The van der Waals surface area contributed by atoms with Crippen LogP contribution in [0.15, 0.2) is 0 Å². The summed E-state index contributed by atoms with van der Waals surface area (Å²) in [5, 5.41) is 15.8. The minimum absolute atomic E-state index is 0.0970. The fraction of sp³-hybridized carbons (Fsp3) is 0.667. The molecule has 12 heavy (non-hydrogen) atoms. The summed E-state index contributed by atoms with van der Waals surface area (Å²) in [5.74, 6) is 0.848. The zero-order chi connectivity index (χ0) is 8.39. The summed E-state index contributed by atoms with van der Waals surface area (Å²) >= 11 is 0. The number of H-pyrrole nitrogens is 1. The van der Waals surface area contributed by atoms with E-state index in [1.807, 2.05) is 0 Å². The molecule has 2 rings (SSSR count). The quantitative estimate of drug-likeness (QED) is 0.619. The van der Waals surface area contributed by atoms with E-state index in [1.54, 1.807) is 0 Å². The maximum absolute atomic E-state index is 11.1. The van der Waals surface area contributed by atoms with Crippen LogP contribution in [0.1, 0.15) is 18.7 Å². The second-order valence-electron chi connectivity index (χ2n) is 2.82. The highest BCUT2D eigenvalue weighted by Crippen LogP contribution is 2.28. The van der Waals surface area contributed by atoms with E-state index in [1.165, 1.54) is 0 Å². The maximum atomic E-state index is 11.1. The lowest BCUT2D eigenvalue weighted by atomic mass is 10.4. The molecule has 0 aliphatic heterocycles. The Morgan fingerprint density at radius 2 is 2.50 bits per heavy atom. The second kappa shape index (κ2) is 2.88. The lowest BCUT2D eigenvalue weighted by Gasteiger charge is -1.98. The second-order valence-corrected chi connectivity index (χ2v) is 2.82. The normalized spacial score (nSPS) is 16.0. The number of carbonyl (C=O) groups excluding carboxylic acids is 1. The number of aromatic amines is 1. The van der Waals surface area contributed by atoms with Crippen LogP contribution in [-0.4, -0.2) is 26.5 Å². The van der Waals surface area contributed by atoms with Crippen LogP contribution in [0.25, 0.3) is 0 Å². The van der Waals surface area contributed by atoms with E-state index in [-0.39, 0.29) is 11.8 Å². The lowest BCUT2D eigenvalue weighted by molar-refractivity contribution is -0.122. The van der Waals surface area contributed by atoms with E-state index in [0.717, 1.165) is 12.8 Å². The van der Waals surface area contributed by atoms with Crippen LogP contribution >= 0.6 is 0 Å². The van der Waals surface area contributed by atoms with Gasteiger partial charge >= 0.3 is 0 Å². The van der Waals surface area contributed by atoms with Crippen LogP contribution in [0.2, 0.25) is 0 Å². The van der Waals surface area contributed by atoms with Crippen LogP contribution in [-0.2, 0) is 11.3 Å². The average Bonchev–Trinajstić information content (AvgIpc) is 2.80. The summed E-state index contributed by atoms with van der Waals surface area (Å²) in [6.07, 6.45) is 2.02. The van der Waals surface area contributed by atoms with Gasteiger partial charge in [0.2, 0.25) is 5.91 Å². The van der Waals surface area contributed by atoms with Crippen molar-refractivity contribution in [3.8, 4) is 0 Å². The van der Waals surface area contributed by atoms with Gasteiger partial charge in [0.05, 0.1) is 6.54 Å². The fourth-order valence-corrected chi connectivity index (χ4v) is 0.913. The van der Waals surface area contributed by atoms with Crippen molar-refractivity contribution in [3.05, 3.63) is 5.82 Å². The van der Waals surface area contributed by atoms with Gasteiger partial charge < -0.3 is 5.32 Å². The number of aromatic nitrogens is 4.